The van der Waals surface area contributed by atoms with Gasteiger partial charge in [0.1, 0.15) is 0 Å². The number of nitrogens with one attached hydrogen (secondary N) is 1. The number of nitrogens with zero attached hydrogens (tertiary/aromatic N) is 1. The van der Waals surface area contributed by atoms with Crippen molar-refractivity contribution in [1.82, 2.24) is 5.32 Å². The maximum atomic E-state index is 12.4. The number of amides is 1. The zero-order valence-electron chi connectivity index (χ0n) is 16.3. The third kappa shape index (κ3) is 5.03. The number of nitro benzene ring substituents is 1. The molecule has 154 valence electrons. The topological polar surface area (TPSA) is 99.9 Å². The fourth-order valence-electron chi connectivity index (χ4n) is 3.48. The van der Waals surface area contributed by atoms with Crippen LogP contribution < -0.4 is 14.8 Å². The second kappa shape index (κ2) is 9.38. The fourth-order valence-corrected chi connectivity index (χ4v) is 3.48. The number of carbonyl (C=O) groups is 1. The minimum Gasteiger partial charge on any atom is -0.493 e. The Kier molecular flexibility index (Phi) is 6.66. The normalized spacial score (nSPS) is 15.3. The van der Waals surface area contributed by atoms with E-state index in [1.165, 1.54) is 30.9 Å². The largest absolute Gasteiger partial charge is 0.493 e. The Bertz CT molecular complexity index is 850. The van der Waals surface area contributed by atoms with Crippen LogP contribution in [0.4, 0.5) is 5.69 Å². The quantitative estimate of drug-likeness (QED) is 0.540. The lowest BCUT2D eigenvalue weighted by atomic mass is 9.74. The second-order valence-electron chi connectivity index (χ2n) is 6.92. The Morgan fingerprint density at radius 2 is 1.90 bits per heavy atom. The molecule has 0 aliphatic carbocycles. The van der Waals surface area contributed by atoms with Gasteiger partial charge >= 0.3 is 0 Å². The summed E-state index contributed by atoms with van der Waals surface area (Å²) in [5, 5.41) is 13.9. The average Bonchev–Trinajstić information content (AvgIpc) is 2.77. The van der Waals surface area contributed by atoms with Crippen molar-refractivity contribution in [2.24, 2.45) is 0 Å². The molecule has 1 aliphatic heterocycles. The standard InChI is InChI=1S/C21H24N2O6/c1-27-18-8-7-17(23(25)26)13-19(18)29-14-20(24)22-15-21(9-11-28-12-10-21)16-5-3-2-4-6-16/h2-8,13H,9-12,14-15H2,1H3,(H,22,24). The average molecular weight is 400 g/mol. The Morgan fingerprint density at radius 1 is 1.17 bits per heavy atom. The van der Waals surface area contributed by atoms with E-state index in [1.807, 2.05) is 18.2 Å². The summed E-state index contributed by atoms with van der Waals surface area (Å²) in [6.45, 7) is 1.49. The third-order valence-corrected chi connectivity index (χ3v) is 5.18. The van der Waals surface area contributed by atoms with E-state index in [9.17, 15) is 14.9 Å². The number of benzene rings is 2. The highest BCUT2D eigenvalue weighted by molar-refractivity contribution is 5.77. The predicted molar refractivity (Wildman–Crippen MR) is 106 cm³/mol. The van der Waals surface area contributed by atoms with Crippen molar-refractivity contribution < 1.29 is 23.9 Å². The van der Waals surface area contributed by atoms with Gasteiger partial charge in [-0.1, -0.05) is 30.3 Å². The molecule has 1 N–H and O–H groups in total. The molecule has 1 amide bonds. The number of hydrogen-bond donors (Lipinski definition) is 1. The van der Waals surface area contributed by atoms with Gasteiger partial charge in [-0.3, -0.25) is 14.9 Å². The van der Waals surface area contributed by atoms with Crippen molar-refractivity contribution in [3.8, 4) is 11.5 Å². The molecule has 8 heteroatoms. The SMILES string of the molecule is COc1ccc([N+](=O)[O-])cc1OCC(=O)NCC1(c2ccccc2)CCOCC1. The first-order chi connectivity index (χ1) is 14.0. The first kappa shape index (κ1) is 20.6. The molecule has 2 aromatic rings. The number of rotatable bonds is 8. The minimum absolute atomic E-state index is 0.133. The molecule has 0 atom stereocenters. The van der Waals surface area contributed by atoms with Gasteiger partial charge in [0.25, 0.3) is 11.6 Å². The molecule has 3 rings (SSSR count). The van der Waals surface area contributed by atoms with Crippen molar-refractivity contribution in [2.45, 2.75) is 18.3 Å². The van der Waals surface area contributed by atoms with Gasteiger partial charge in [0.05, 0.1) is 18.1 Å². The van der Waals surface area contributed by atoms with Crippen LogP contribution in [0, 0.1) is 10.1 Å². The Morgan fingerprint density at radius 3 is 2.55 bits per heavy atom. The van der Waals surface area contributed by atoms with Gasteiger partial charge < -0.3 is 19.5 Å². The summed E-state index contributed by atoms with van der Waals surface area (Å²) in [7, 11) is 1.43. The molecule has 8 nitrogen and oxygen atoms in total. The van der Waals surface area contributed by atoms with Crippen LogP contribution in [0.25, 0.3) is 0 Å². The van der Waals surface area contributed by atoms with Crippen molar-refractivity contribution in [3.63, 3.8) is 0 Å². The first-order valence-corrected chi connectivity index (χ1v) is 9.39. The van der Waals surface area contributed by atoms with E-state index in [0.29, 0.717) is 25.5 Å². The van der Waals surface area contributed by atoms with Crippen LogP contribution in [0.1, 0.15) is 18.4 Å². The second-order valence-corrected chi connectivity index (χ2v) is 6.92. The lowest BCUT2D eigenvalue weighted by Gasteiger charge is -2.38. The number of ether oxygens (including phenoxy) is 3. The summed E-state index contributed by atoms with van der Waals surface area (Å²) in [4.78, 5) is 22.8. The van der Waals surface area contributed by atoms with Crippen molar-refractivity contribution in [1.29, 1.82) is 0 Å². The number of hydrogen-bond acceptors (Lipinski definition) is 6. The van der Waals surface area contributed by atoms with Gasteiger partial charge in [-0.15, -0.1) is 0 Å². The van der Waals surface area contributed by atoms with Crippen molar-refractivity contribution >= 4 is 11.6 Å². The molecule has 0 aromatic heterocycles. The lowest BCUT2D eigenvalue weighted by molar-refractivity contribution is -0.385. The van der Waals surface area contributed by atoms with Crippen LogP contribution in [0.3, 0.4) is 0 Å². The Labute approximate surface area is 168 Å². The van der Waals surface area contributed by atoms with E-state index in [2.05, 4.69) is 17.4 Å². The molecule has 0 unspecified atom stereocenters. The molecule has 1 fully saturated rings. The molecule has 0 saturated carbocycles. The van der Waals surface area contributed by atoms with Crippen LogP contribution in [-0.2, 0) is 14.9 Å². The van der Waals surface area contributed by atoms with E-state index >= 15 is 0 Å². The number of carbonyl (C=O) groups excluding carboxylic acids is 1. The van der Waals surface area contributed by atoms with E-state index < -0.39 is 4.92 Å². The maximum absolute atomic E-state index is 12.4. The van der Waals surface area contributed by atoms with Gasteiger partial charge in [0, 0.05) is 31.2 Å². The van der Waals surface area contributed by atoms with Crippen LogP contribution >= 0.6 is 0 Å². The zero-order valence-corrected chi connectivity index (χ0v) is 16.3. The third-order valence-electron chi connectivity index (χ3n) is 5.18. The van der Waals surface area contributed by atoms with Gasteiger partial charge in [-0.05, 0) is 24.5 Å². The highest BCUT2D eigenvalue weighted by Gasteiger charge is 2.34. The van der Waals surface area contributed by atoms with Crippen molar-refractivity contribution in [3.05, 3.63) is 64.2 Å². The number of non-ortho nitro benzene ring substituents is 1. The van der Waals surface area contributed by atoms with Gasteiger partial charge in [-0.2, -0.15) is 0 Å². The number of methoxy groups -OCH3 is 1. The summed E-state index contributed by atoms with van der Waals surface area (Å²) in [6, 6.07) is 14.1. The van der Waals surface area contributed by atoms with E-state index in [-0.39, 0.29) is 29.4 Å². The minimum atomic E-state index is -0.527. The summed E-state index contributed by atoms with van der Waals surface area (Å²) >= 11 is 0. The maximum Gasteiger partial charge on any atom is 0.273 e. The fraction of sp³-hybridized carbons (Fsp3) is 0.381. The number of nitro groups is 1. The van der Waals surface area contributed by atoms with Crippen molar-refractivity contribution in [2.75, 3.05) is 33.5 Å². The highest BCUT2D eigenvalue weighted by atomic mass is 16.6. The van der Waals surface area contributed by atoms with Crippen LogP contribution in [-0.4, -0.2) is 44.3 Å². The molecule has 29 heavy (non-hydrogen) atoms. The molecule has 1 aliphatic rings. The monoisotopic (exact) mass is 400 g/mol. The highest BCUT2D eigenvalue weighted by Crippen LogP contribution is 2.34. The van der Waals surface area contributed by atoms with Gasteiger partial charge in [-0.25, -0.2) is 0 Å². The predicted octanol–water partition coefficient (Wildman–Crippen LogP) is 2.85. The molecule has 2 aromatic carbocycles. The Balaban J connectivity index is 1.63. The van der Waals surface area contributed by atoms with Crippen LogP contribution in [0.2, 0.25) is 0 Å². The molecular formula is C21H24N2O6. The first-order valence-electron chi connectivity index (χ1n) is 9.39. The molecule has 0 radical (unpaired) electrons. The Hall–Kier alpha value is -3.13. The van der Waals surface area contributed by atoms with Crippen LogP contribution in [0.5, 0.6) is 11.5 Å². The summed E-state index contributed by atoms with van der Waals surface area (Å²) in [6.07, 6.45) is 1.63. The van der Waals surface area contributed by atoms with E-state index in [0.717, 1.165) is 12.8 Å². The van der Waals surface area contributed by atoms with E-state index in [4.69, 9.17) is 14.2 Å². The van der Waals surface area contributed by atoms with Gasteiger partial charge in [0.2, 0.25) is 0 Å². The molecule has 1 saturated heterocycles. The molecule has 0 spiro atoms. The lowest BCUT2D eigenvalue weighted by Crippen LogP contribution is -2.45. The zero-order chi connectivity index (χ0) is 20.7. The van der Waals surface area contributed by atoms with E-state index in [1.54, 1.807) is 0 Å². The molecule has 1 heterocycles. The summed E-state index contributed by atoms with van der Waals surface area (Å²) in [5.74, 6) is 0.176. The van der Waals surface area contributed by atoms with Gasteiger partial charge in [0.15, 0.2) is 18.1 Å². The smallest absolute Gasteiger partial charge is 0.273 e. The summed E-state index contributed by atoms with van der Waals surface area (Å²) in [5.41, 5.74) is 0.856. The molecular weight excluding hydrogens is 376 g/mol. The molecule has 0 bridgehead atoms. The summed E-state index contributed by atoms with van der Waals surface area (Å²) < 4.78 is 16.1. The van der Waals surface area contributed by atoms with Crippen LogP contribution in [0.15, 0.2) is 48.5 Å².